The van der Waals surface area contributed by atoms with Crippen molar-refractivity contribution in [2.75, 3.05) is 26.4 Å². The predicted octanol–water partition coefficient (Wildman–Crippen LogP) is 3.89. The SMILES string of the molecule is CCN1CN=CC(C[n+]2ccc3ccsc3c2C)=C1N.CCN1CN=CC(C[n+]2ccc3ccsc3c2C)=C1N.O.O=S(=O)([O-])c1cccc2c(S(=O)(=O)[O-])cccc12. The maximum absolute atomic E-state index is 11.0. The number of aliphatic imine (C=N–C) groups is 2. The van der Waals surface area contributed by atoms with Gasteiger partial charge in [-0.25, -0.2) is 16.8 Å². The monoisotopic (exact) mass is 878 g/mol. The van der Waals surface area contributed by atoms with E-state index in [0.29, 0.717) is 13.3 Å². The molecule has 0 amide bonds. The Morgan fingerprint density at radius 1 is 0.661 bits per heavy atom. The molecule has 2 aromatic carbocycles. The van der Waals surface area contributed by atoms with E-state index in [9.17, 15) is 25.9 Å². The van der Waals surface area contributed by atoms with Crippen molar-refractivity contribution in [1.82, 2.24) is 9.80 Å². The number of pyridine rings is 2. The molecule has 0 bridgehead atoms. The van der Waals surface area contributed by atoms with Crippen LogP contribution in [0.1, 0.15) is 25.2 Å². The first kappa shape index (κ1) is 44.8. The van der Waals surface area contributed by atoms with Gasteiger partial charge in [-0.3, -0.25) is 9.98 Å². The average Bonchev–Trinajstić information content (AvgIpc) is 3.89. The molecule has 0 fully saturated rings. The van der Waals surface area contributed by atoms with Crippen LogP contribution in [0.2, 0.25) is 0 Å². The fourth-order valence-corrected chi connectivity index (χ4v) is 9.89. The molecule has 4 aromatic heterocycles. The number of aromatic nitrogens is 2. The van der Waals surface area contributed by atoms with Gasteiger partial charge in [0, 0.05) is 73.0 Å². The lowest BCUT2D eigenvalue weighted by Gasteiger charge is -2.25. The maximum Gasteiger partial charge on any atom is 0.196 e. The molecule has 0 spiro atoms. The highest BCUT2D eigenvalue weighted by Crippen LogP contribution is 2.28. The van der Waals surface area contributed by atoms with Crippen LogP contribution in [0.25, 0.3) is 30.9 Å². The summed E-state index contributed by atoms with van der Waals surface area (Å²) in [7, 11) is -9.48. The summed E-state index contributed by atoms with van der Waals surface area (Å²) in [5, 5.41) is 6.72. The van der Waals surface area contributed by atoms with Gasteiger partial charge in [-0.2, -0.15) is 9.13 Å². The molecule has 6 N–H and O–H groups in total. The van der Waals surface area contributed by atoms with Gasteiger partial charge in [-0.05, 0) is 48.9 Å². The van der Waals surface area contributed by atoms with Gasteiger partial charge in [0.25, 0.3) is 0 Å². The minimum Gasteiger partial charge on any atom is -0.744 e. The van der Waals surface area contributed by atoms with Crippen LogP contribution >= 0.6 is 22.7 Å². The van der Waals surface area contributed by atoms with Crippen LogP contribution in [0, 0.1) is 13.8 Å². The van der Waals surface area contributed by atoms with E-state index >= 15 is 0 Å². The molecule has 0 saturated carbocycles. The van der Waals surface area contributed by atoms with Crippen molar-refractivity contribution in [2.24, 2.45) is 21.5 Å². The zero-order chi connectivity index (χ0) is 41.8. The number of hydrogen-bond donors (Lipinski definition) is 2. The first-order valence-corrected chi connectivity index (χ1v) is 22.8. The summed E-state index contributed by atoms with van der Waals surface area (Å²) in [6, 6.07) is 15.7. The summed E-state index contributed by atoms with van der Waals surface area (Å²) in [6.07, 6.45) is 8.08. The Hall–Kier alpha value is -5.28. The smallest absolute Gasteiger partial charge is 0.196 e. The van der Waals surface area contributed by atoms with Gasteiger partial charge >= 0.3 is 0 Å². The maximum atomic E-state index is 11.0. The Balaban J connectivity index is 0.000000167. The fraction of sp³-hybridized carbons (Fsp3) is 0.250. The third-order valence-corrected chi connectivity index (χ3v) is 13.8. The van der Waals surface area contributed by atoms with E-state index in [-0.39, 0.29) is 16.2 Å². The Bertz CT molecular complexity index is 2660. The third-order valence-electron chi connectivity index (χ3n) is 9.94. The Labute approximate surface area is 351 Å². The number of hydrogen-bond acceptors (Lipinski definition) is 14. The Morgan fingerprint density at radius 2 is 1.05 bits per heavy atom. The molecule has 6 aromatic rings. The highest BCUT2D eigenvalue weighted by atomic mass is 32.2. The molecule has 6 heterocycles. The van der Waals surface area contributed by atoms with Crippen molar-refractivity contribution < 1.29 is 40.6 Å². The molecule has 0 saturated heterocycles. The van der Waals surface area contributed by atoms with E-state index in [1.807, 2.05) is 12.4 Å². The van der Waals surface area contributed by atoms with Gasteiger partial charge in [0.15, 0.2) is 36.9 Å². The predicted molar refractivity (Wildman–Crippen MR) is 231 cm³/mol. The molecule has 59 heavy (non-hydrogen) atoms. The van der Waals surface area contributed by atoms with Crippen LogP contribution in [0.15, 0.2) is 126 Å². The van der Waals surface area contributed by atoms with Crippen molar-refractivity contribution >= 4 is 86.3 Å². The number of nitrogens with two attached hydrogens (primary N) is 2. The summed E-state index contributed by atoms with van der Waals surface area (Å²) in [5.41, 5.74) is 17.2. The van der Waals surface area contributed by atoms with Crippen LogP contribution in [0.5, 0.6) is 0 Å². The first-order valence-electron chi connectivity index (χ1n) is 18.2. The molecule has 2 aliphatic rings. The topological polar surface area (TPSA) is 237 Å². The number of allylic oxidation sites excluding steroid dienone is 2. The second-order valence-electron chi connectivity index (χ2n) is 13.4. The van der Waals surface area contributed by atoms with Gasteiger partial charge in [0.2, 0.25) is 0 Å². The minimum absolute atomic E-state index is 0. The van der Waals surface area contributed by atoms with E-state index < -0.39 is 30.0 Å². The van der Waals surface area contributed by atoms with Crippen LogP contribution in [-0.2, 0) is 33.3 Å². The molecule has 15 nitrogen and oxygen atoms in total. The largest absolute Gasteiger partial charge is 0.744 e. The quantitative estimate of drug-likeness (QED) is 0.165. The van der Waals surface area contributed by atoms with Crippen molar-refractivity contribution in [1.29, 1.82) is 0 Å². The van der Waals surface area contributed by atoms with Crippen LogP contribution in [0.3, 0.4) is 0 Å². The van der Waals surface area contributed by atoms with Gasteiger partial charge < -0.3 is 35.8 Å². The number of fused-ring (bicyclic) bond motifs is 3. The third kappa shape index (κ3) is 9.96. The lowest BCUT2D eigenvalue weighted by Crippen LogP contribution is -2.41. The molecule has 0 radical (unpaired) electrons. The van der Waals surface area contributed by atoms with Gasteiger partial charge in [0.1, 0.15) is 54.6 Å². The summed E-state index contributed by atoms with van der Waals surface area (Å²) in [5.74, 6) is 1.70. The number of aryl methyl sites for hydroxylation is 2. The molecule has 0 unspecified atom stereocenters. The summed E-state index contributed by atoms with van der Waals surface area (Å²) >= 11 is 3.57. The summed E-state index contributed by atoms with van der Waals surface area (Å²) in [4.78, 5) is 11.9. The summed E-state index contributed by atoms with van der Waals surface area (Å²) in [6.45, 7) is 13.2. The zero-order valence-electron chi connectivity index (χ0n) is 32.9. The van der Waals surface area contributed by atoms with Crippen molar-refractivity contribution in [3.8, 4) is 0 Å². The normalized spacial score (nSPS) is 14.3. The van der Waals surface area contributed by atoms with Crippen molar-refractivity contribution in [3.05, 3.63) is 118 Å². The molecule has 2 aliphatic heterocycles. The molecule has 0 atom stereocenters. The first-order chi connectivity index (χ1) is 27.6. The van der Waals surface area contributed by atoms with Crippen LogP contribution in [0.4, 0.5) is 0 Å². The molecular formula is C40H46N8O7S4. The average molecular weight is 879 g/mol. The standard InChI is InChI=1S/2C15H19N4S.C10H8O6S2.H2O/c2*1-3-18-10-17-8-13(15(18)16)9-19-6-4-12-5-7-20-14(12)11(19)2;11-17(12,13)9-5-1-3-7-8(9)4-2-6-10(7)18(14,15)16;/h2*4-8H,3,9-10,16H2,1-2H3;1-6H,(H,11,12,13)(H,14,15,16);1H2/q2*+1;;/p-2. The van der Waals surface area contributed by atoms with E-state index in [0.717, 1.165) is 61.1 Å². The molecule has 19 heteroatoms. The molecule has 0 aliphatic carbocycles. The van der Waals surface area contributed by atoms with Crippen LogP contribution in [-0.4, -0.2) is 80.1 Å². The van der Waals surface area contributed by atoms with Gasteiger partial charge in [-0.15, -0.1) is 22.7 Å². The number of thiophene rings is 2. The number of rotatable bonds is 8. The lowest BCUT2D eigenvalue weighted by atomic mass is 10.1. The minimum atomic E-state index is -4.74. The van der Waals surface area contributed by atoms with Crippen molar-refractivity contribution in [2.45, 2.75) is 50.6 Å². The Morgan fingerprint density at radius 3 is 1.41 bits per heavy atom. The van der Waals surface area contributed by atoms with E-state index in [2.05, 4.69) is 104 Å². The summed E-state index contributed by atoms with van der Waals surface area (Å²) < 4.78 is 73.3. The fourth-order valence-electron chi connectivity index (χ4n) is 6.69. The van der Waals surface area contributed by atoms with Gasteiger partial charge in [-0.1, -0.05) is 24.3 Å². The number of benzene rings is 2. The molecular weight excluding hydrogens is 833 g/mol. The second-order valence-corrected chi connectivity index (χ2v) is 18.0. The van der Waals surface area contributed by atoms with E-state index in [1.165, 1.54) is 55.8 Å². The second kappa shape index (κ2) is 18.8. The van der Waals surface area contributed by atoms with Gasteiger partial charge in [0.05, 0.1) is 20.9 Å². The Kier molecular flexibility index (Phi) is 14.2. The zero-order valence-corrected chi connectivity index (χ0v) is 36.2. The highest BCUT2D eigenvalue weighted by molar-refractivity contribution is 7.86. The van der Waals surface area contributed by atoms with Crippen LogP contribution < -0.4 is 20.6 Å². The lowest BCUT2D eigenvalue weighted by molar-refractivity contribution is -0.692. The number of nitrogens with zero attached hydrogens (tertiary/aromatic N) is 6. The highest BCUT2D eigenvalue weighted by Gasteiger charge is 2.21. The molecule has 8 rings (SSSR count). The van der Waals surface area contributed by atoms with E-state index in [4.69, 9.17) is 11.5 Å². The molecule has 312 valence electrons. The van der Waals surface area contributed by atoms with E-state index in [1.54, 1.807) is 22.7 Å². The van der Waals surface area contributed by atoms with Crippen molar-refractivity contribution in [3.63, 3.8) is 0 Å².